The largest absolute Gasteiger partial charge is 0.330 e. The first-order valence-electron chi connectivity index (χ1n) is 6.96. The molecular formula is C14H34N2. The van der Waals surface area contributed by atoms with Crippen LogP contribution in [0.25, 0.3) is 0 Å². The summed E-state index contributed by atoms with van der Waals surface area (Å²) in [6, 6.07) is 0. The van der Waals surface area contributed by atoms with Crippen LogP contribution in [0.15, 0.2) is 0 Å². The zero-order chi connectivity index (χ0) is 12.9. The second kappa shape index (κ2) is 13.0. The van der Waals surface area contributed by atoms with Gasteiger partial charge in [-0.2, -0.15) is 0 Å². The quantitative estimate of drug-likeness (QED) is 0.623. The molecule has 0 rings (SSSR count). The van der Waals surface area contributed by atoms with Crippen molar-refractivity contribution in [3.8, 4) is 0 Å². The molecule has 2 heteroatoms. The summed E-state index contributed by atoms with van der Waals surface area (Å²) in [4.78, 5) is 0. The number of unbranched alkanes of at least 4 members (excludes halogenated alkanes) is 5. The Bertz CT molecular complexity index is 116. The van der Waals surface area contributed by atoms with E-state index in [0.717, 1.165) is 13.0 Å². The molecule has 0 bridgehead atoms. The highest BCUT2D eigenvalue weighted by Crippen LogP contribution is 2.12. The Hall–Kier alpha value is -0.0800. The average Bonchev–Trinajstić information content (AvgIpc) is 2.16. The molecule has 0 aromatic rings. The molecular weight excluding hydrogens is 196 g/mol. The van der Waals surface area contributed by atoms with Crippen molar-refractivity contribution in [2.24, 2.45) is 11.5 Å². The monoisotopic (exact) mass is 230 g/mol. The lowest BCUT2D eigenvalue weighted by Crippen LogP contribution is -2.31. The summed E-state index contributed by atoms with van der Waals surface area (Å²) in [6.45, 7) is 9.29. The van der Waals surface area contributed by atoms with E-state index >= 15 is 0 Å². The summed E-state index contributed by atoms with van der Waals surface area (Å²) in [6.07, 6.45) is 10.1. The van der Waals surface area contributed by atoms with Gasteiger partial charge in [0.05, 0.1) is 0 Å². The highest BCUT2D eigenvalue weighted by atomic mass is 14.7. The van der Waals surface area contributed by atoms with E-state index in [1.807, 2.05) is 0 Å². The molecule has 4 N–H and O–H groups in total. The topological polar surface area (TPSA) is 52.0 Å². The van der Waals surface area contributed by atoms with E-state index in [2.05, 4.69) is 27.7 Å². The molecule has 16 heavy (non-hydrogen) atoms. The van der Waals surface area contributed by atoms with Gasteiger partial charge in [-0.1, -0.05) is 52.4 Å². The SMILES string of the molecule is CC(C)(N)CCCCCCCCN.CCC. The fourth-order valence-corrected chi connectivity index (χ4v) is 1.43. The molecule has 0 aromatic heterocycles. The van der Waals surface area contributed by atoms with E-state index in [4.69, 9.17) is 11.5 Å². The van der Waals surface area contributed by atoms with Crippen LogP contribution < -0.4 is 11.5 Å². The van der Waals surface area contributed by atoms with E-state index in [0.29, 0.717) is 0 Å². The summed E-state index contributed by atoms with van der Waals surface area (Å²) in [5.74, 6) is 0. The Balaban J connectivity index is 0. The van der Waals surface area contributed by atoms with Crippen LogP contribution >= 0.6 is 0 Å². The summed E-state index contributed by atoms with van der Waals surface area (Å²) in [5, 5.41) is 0. The molecule has 0 unspecified atom stereocenters. The molecule has 0 heterocycles. The summed E-state index contributed by atoms with van der Waals surface area (Å²) in [5.41, 5.74) is 11.3. The lowest BCUT2D eigenvalue weighted by Gasteiger charge is -2.17. The van der Waals surface area contributed by atoms with Crippen molar-refractivity contribution >= 4 is 0 Å². The van der Waals surface area contributed by atoms with Crippen molar-refractivity contribution in [2.75, 3.05) is 6.54 Å². The van der Waals surface area contributed by atoms with E-state index in [1.165, 1.54) is 44.9 Å². The van der Waals surface area contributed by atoms with Gasteiger partial charge in [-0.05, 0) is 33.2 Å². The first-order chi connectivity index (χ1) is 7.47. The first-order valence-corrected chi connectivity index (χ1v) is 6.96. The Morgan fingerprint density at radius 3 is 1.56 bits per heavy atom. The van der Waals surface area contributed by atoms with Crippen LogP contribution in [0.4, 0.5) is 0 Å². The fourth-order valence-electron chi connectivity index (χ4n) is 1.43. The molecule has 100 valence electrons. The van der Waals surface area contributed by atoms with Gasteiger partial charge >= 0.3 is 0 Å². The molecule has 0 atom stereocenters. The minimum atomic E-state index is 0.0251. The molecule has 0 aliphatic rings. The highest BCUT2D eigenvalue weighted by molar-refractivity contribution is 4.70. The van der Waals surface area contributed by atoms with Crippen LogP contribution in [-0.4, -0.2) is 12.1 Å². The van der Waals surface area contributed by atoms with Gasteiger partial charge in [0.15, 0.2) is 0 Å². The van der Waals surface area contributed by atoms with Gasteiger partial charge in [0, 0.05) is 5.54 Å². The van der Waals surface area contributed by atoms with Crippen molar-refractivity contribution < 1.29 is 0 Å². The number of hydrogen-bond acceptors (Lipinski definition) is 2. The maximum atomic E-state index is 5.88. The number of nitrogens with two attached hydrogens (primary N) is 2. The Morgan fingerprint density at radius 1 is 0.812 bits per heavy atom. The van der Waals surface area contributed by atoms with E-state index in [1.54, 1.807) is 0 Å². The standard InChI is InChI=1S/C11H26N2.C3H8/c1-11(2,13)9-7-5-3-4-6-8-10-12;1-3-2/h3-10,12-13H2,1-2H3;3H2,1-2H3. The van der Waals surface area contributed by atoms with Gasteiger partial charge in [-0.3, -0.25) is 0 Å². The molecule has 0 amide bonds. The van der Waals surface area contributed by atoms with E-state index in [-0.39, 0.29) is 5.54 Å². The normalized spacial score (nSPS) is 10.9. The van der Waals surface area contributed by atoms with Crippen molar-refractivity contribution in [2.45, 2.75) is 84.6 Å². The second-order valence-electron chi connectivity index (χ2n) is 5.36. The third kappa shape index (κ3) is 23.6. The smallest absolute Gasteiger partial charge is 0.00970 e. The van der Waals surface area contributed by atoms with Gasteiger partial charge in [-0.15, -0.1) is 0 Å². The predicted molar refractivity (Wildman–Crippen MR) is 75.6 cm³/mol. The average molecular weight is 230 g/mol. The van der Waals surface area contributed by atoms with Crippen LogP contribution in [0.1, 0.15) is 79.1 Å². The van der Waals surface area contributed by atoms with Crippen molar-refractivity contribution in [1.82, 2.24) is 0 Å². The molecule has 2 nitrogen and oxygen atoms in total. The molecule has 0 aromatic carbocycles. The maximum Gasteiger partial charge on any atom is 0.00970 e. The third-order valence-corrected chi connectivity index (χ3v) is 2.28. The van der Waals surface area contributed by atoms with Crippen molar-refractivity contribution in [1.29, 1.82) is 0 Å². The van der Waals surface area contributed by atoms with Gasteiger partial charge in [-0.25, -0.2) is 0 Å². The lowest BCUT2D eigenvalue weighted by atomic mass is 9.97. The minimum absolute atomic E-state index is 0.0251. The second-order valence-corrected chi connectivity index (χ2v) is 5.36. The van der Waals surface area contributed by atoms with Crippen LogP contribution in [0.5, 0.6) is 0 Å². The fraction of sp³-hybridized carbons (Fsp3) is 1.00. The van der Waals surface area contributed by atoms with Gasteiger partial charge < -0.3 is 11.5 Å². The molecule has 0 aliphatic carbocycles. The highest BCUT2D eigenvalue weighted by Gasteiger charge is 2.08. The van der Waals surface area contributed by atoms with E-state index in [9.17, 15) is 0 Å². The van der Waals surface area contributed by atoms with Gasteiger partial charge in [0.1, 0.15) is 0 Å². The van der Waals surface area contributed by atoms with Crippen LogP contribution in [0.2, 0.25) is 0 Å². The molecule has 0 saturated heterocycles. The van der Waals surface area contributed by atoms with Gasteiger partial charge in [0.25, 0.3) is 0 Å². The maximum absolute atomic E-state index is 5.88. The van der Waals surface area contributed by atoms with Gasteiger partial charge in [0.2, 0.25) is 0 Å². The number of rotatable bonds is 8. The minimum Gasteiger partial charge on any atom is -0.330 e. The zero-order valence-electron chi connectivity index (χ0n) is 12.0. The Kier molecular flexibility index (Phi) is 14.8. The Morgan fingerprint density at radius 2 is 1.19 bits per heavy atom. The van der Waals surface area contributed by atoms with Crippen LogP contribution in [0, 0.1) is 0 Å². The van der Waals surface area contributed by atoms with Crippen LogP contribution in [0.3, 0.4) is 0 Å². The zero-order valence-corrected chi connectivity index (χ0v) is 12.0. The number of hydrogen-bond donors (Lipinski definition) is 2. The third-order valence-electron chi connectivity index (χ3n) is 2.28. The summed E-state index contributed by atoms with van der Waals surface area (Å²) < 4.78 is 0. The van der Waals surface area contributed by atoms with Crippen molar-refractivity contribution in [3.63, 3.8) is 0 Å². The predicted octanol–water partition coefficient (Wildman–Crippen LogP) is 3.83. The first kappa shape index (κ1) is 18.3. The summed E-state index contributed by atoms with van der Waals surface area (Å²) >= 11 is 0. The van der Waals surface area contributed by atoms with Crippen molar-refractivity contribution in [3.05, 3.63) is 0 Å². The van der Waals surface area contributed by atoms with E-state index < -0.39 is 0 Å². The summed E-state index contributed by atoms with van der Waals surface area (Å²) in [7, 11) is 0. The lowest BCUT2D eigenvalue weighted by molar-refractivity contribution is 0.441. The molecule has 0 fully saturated rings. The molecule has 0 saturated carbocycles. The Labute approximate surface area is 103 Å². The molecule has 0 radical (unpaired) electrons. The molecule has 0 spiro atoms. The molecule has 0 aliphatic heterocycles. The van der Waals surface area contributed by atoms with Crippen LogP contribution in [-0.2, 0) is 0 Å².